The summed E-state index contributed by atoms with van der Waals surface area (Å²) in [5.41, 5.74) is -0.901. The Morgan fingerprint density at radius 3 is 2.15 bits per heavy atom. The van der Waals surface area contributed by atoms with Crippen molar-refractivity contribution in [1.82, 2.24) is 0 Å². The maximum absolute atomic E-state index is 11.8. The summed E-state index contributed by atoms with van der Waals surface area (Å²) in [7, 11) is 0. The molecule has 7 nitrogen and oxygen atoms in total. The first-order valence-corrected chi connectivity index (χ1v) is 8.57. The van der Waals surface area contributed by atoms with Gasteiger partial charge in [-0.3, -0.25) is 14.4 Å². The van der Waals surface area contributed by atoms with Gasteiger partial charge in [0.05, 0.1) is 17.9 Å². The lowest BCUT2D eigenvalue weighted by Crippen LogP contribution is -2.29. The third-order valence-electron chi connectivity index (χ3n) is 3.89. The predicted octanol–water partition coefficient (Wildman–Crippen LogP) is 2.55. The predicted molar refractivity (Wildman–Crippen MR) is 100 cm³/mol. The van der Waals surface area contributed by atoms with Crippen molar-refractivity contribution in [3.63, 3.8) is 0 Å². The van der Waals surface area contributed by atoms with Crippen LogP contribution >= 0.6 is 0 Å². The van der Waals surface area contributed by atoms with Crippen LogP contribution in [0.4, 0.5) is 0 Å². The van der Waals surface area contributed by atoms with Gasteiger partial charge in [-0.25, -0.2) is 0 Å². The standard InChI is InChI=1S/C20H28O7/c1-13(7-5-8-14(2)22)18(19(25)26)16(11-17(23)24)15(12-21)9-6-10-20(3,4)27/h6,9-10,12,16,18,27H,1,5,7-8,11H2,2-4H3,(H,23,24)(H,25,26). The van der Waals surface area contributed by atoms with Gasteiger partial charge in [-0.1, -0.05) is 30.4 Å². The smallest absolute Gasteiger partial charge is 0.311 e. The third kappa shape index (κ3) is 10.3. The molecule has 0 fully saturated rings. The molecule has 0 aromatic heterocycles. The van der Waals surface area contributed by atoms with Gasteiger partial charge >= 0.3 is 11.9 Å². The molecule has 0 saturated heterocycles. The normalized spacial score (nSPS) is 14.6. The van der Waals surface area contributed by atoms with E-state index >= 15 is 0 Å². The second kappa shape index (κ2) is 11.2. The molecule has 27 heavy (non-hydrogen) atoms. The highest BCUT2D eigenvalue weighted by atomic mass is 16.4. The van der Waals surface area contributed by atoms with Gasteiger partial charge in [-0.05, 0) is 39.2 Å². The van der Waals surface area contributed by atoms with Crippen LogP contribution in [-0.4, -0.2) is 44.9 Å². The average Bonchev–Trinajstić information content (AvgIpc) is 2.48. The SMILES string of the molecule is C=C(CCCC(C)=O)C(C(=O)O)C(CC(=O)O)C(C=O)=CC=CC(C)(C)O. The molecule has 0 rings (SSSR count). The number of ketones is 1. The minimum atomic E-state index is -1.28. The van der Waals surface area contributed by atoms with Crippen molar-refractivity contribution in [2.45, 2.75) is 52.1 Å². The molecular weight excluding hydrogens is 352 g/mol. The van der Waals surface area contributed by atoms with Gasteiger partial charge in [0.2, 0.25) is 0 Å². The molecule has 0 amide bonds. The van der Waals surface area contributed by atoms with E-state index in [0.717, 1.165) is 0 Å². The summed E-state index contributed by atoms with van der Waals surface area (Å²) in [5.74, 6) is -4.97. The molecule has 0 radical (unpaired) electrons. The molecule has 0 aliphatic rings. The first-order chi connectivity index (χ1) is 12.4. The summed E-state index contributed by atoms with van der Waals surface area (Å²) in [6.07, 6.45) is 4.83. The maximum Gasteiger partial charge on any atom is 0.311 e. The Bertz CT molecular complexity index is 635. The summed E-state index contributed by atoms with van der Waals surface area (Å²) in [6, 6.07) is 0. The van der Waals surface area contributed by atoms with Crippen molar-refractivity contribution in [1.29, 1.82) is 0 Å². The zero-order valence-electron chi connectivity index (χ0n) is 16.0. The minimum Gasteiger partial charge on any atom is -0.481 e. The number of rotatable bonds is 13. The van der Waals surface area contributed by atoms with Crippen molar-refractivity contribution in [2.75, 3.05) is 0 Å². The van der Waals surface area contributed by atoms with Crippen molar-refractivity contribution < 1.29 is 34.5 Å². The van der Waals surface area contributed by atoms with E-state index in [1.54, 1.807) is 0 Å². The molecule has 150 valence electrons. The zero-order valence-corrected chi connectivity index (χ0v) is 16.0. The maximum atomic E-state index is 11.8. The molecule has 0 bridgehead atoms. The molecule has 0 heterocycles. The lowest BCUT2D eigenvalue weighted by atomic mass is 9.78. The number of carboxylic acid groups (broad SMARTS) is 2. The fraction of sp³-hybridized carbons (Fsp3) is 0.500. The van der Waals surface area contributed by atoms with Crippen LogP contribution in [0.2, 0.25) is 0 Å². The molecule has 0 aliphatic carbocycles. The van der Waals surface area contributed by atoms with Crippen LogP contribution < -0.4 is 0 Å². The van der Waals surface area contributed by atoms with Crippen LogP contribution in [0.15, 0.2) is 36.0 Å². The number of carbonyl (C=O) groups is 4. The van der Waals surface area contributed by atoms with Crippen molar-refractivity contribution in [2.24, 2.45) is 11.8 Å². The highest BCUT2D eigenvalue weighted by Crippen LogP contribution is 2.32. The Morgan fingerprint density at radius 2 is 1.74 bits per heavy atom. The number of carbonyl (C=O) groups excluding carboxylic acids is 2. The number of Topliss-reactive ketones (excluding diaryl/α,β-unsaturated/α-hetero) is 1. The quantitative estimate of drug-likeness (QED) is 0.194. The highest BCUT2D eigenvalue weighted by Gasteiger charge is 2.34. The fourth-order valence-electron chi connectivity index (χ4n) is 2.61. The van der Waals surface area contributed by atoms with Crippen LogP contribution in [0.3, 0.4) is 0 Å². The monoisotopic (exact) mass is 380 g/mol. The average molecular weight is 380 g/mol. The van der Waals surface area contributed by atoms with Gasteiger partial charge in [0, 0.05) is 12.3 Å². The first kappa shape index (κ1) is 24.5. The van der Waals surface area contributed by atoms with Gasteiger partial charge < -0.3 is 20.1 Å². The second-order valence-corrected chi connectivity index (χ2v) is 7.03. The largest absolute Gasteiger partial charge is 0.481 e. The summed E-state index contributed by atoms with van der Waals surface area (Å²) in [6.45, 7) is 8.21. The lowest BCUT2D eigenvalue weighted by Gasteiger charge is -2.25. The van der Waals surface area contributed by atoms with Crippen LogP contribution in [0.5, 0.6) is 0 Å². The van der Waals surface area contributed by atoms with Crippen LogP contribution in [0.1, 0.15) is 46.5 Å². The van der Waals surface area contributed by atoms with Gasteiger partial charge in [-0.2, -0.15) is 0 Å². The van der Waals surface area contributed by atoms with Gasteiger partial charge in [0.1, 0.15) is 12.1 Å². The third-order valence-corrected chi connectivity index (χ3v) is 3.89. The number of aliphatic carboxylic acids is 2. The van der Waals surface area contributed by atoms with E-state index in [0.29, 0.717) is 12.7 Å². The van der Waals surface area contributed by atoms with E-state index < -0.39 is 35.8 Å². The Kier molecular flexibility index (Phi) is 10.2. The number of hydrogen-bond acceptors (Lipinski definition) is 5. The molecule has 0 spiro atoms. The van der Waals surface area contributed by atoms with Gasteiger partial charge in [-0.15, -0.1) is 0 Å². The van der Waals surface area contributed by atoms with Crippen molar-refractivity contribution >= 4 is 24.0 Å². The molecule has 0 saturated carbocycles. The number of carboxylic acids is 2. The van der Waals surface area contributed by atoms with E-state index in [4.69, 9.17) is 0 Å². The topological polar surface area (TPSA) is 129 Å². The Morgan fingerprint density at radius 1 is 1.15 bits per heavy atom. The number of allylic oxidation sites excluding steroid dienone is 3. The van der Waals surface area contributed by atoms with Crippen molar-refractivity contribution in [3.05, 3.63) is 36.0 Å². The second-order valence-electron chi connectivity index (χ2n) is 7.03. The summed E-state index contributed by atoms with van der Waals surface area (Å²) >= 11 is 0. The molecular formula is C20H28O7. The number of hydrogen-bond donors (Lipinski definition) is 3. The molecule has 2 atom stereocenters. The Balaban J connectivity index is 5.76. The van der Waals surface area contributed by atoms with Gasteiger partial charge in [0.25, 0.3) is 0 Å². The van der Waals surface area contributed by atoms with Crippen LogP contribution in [0.25, 0.3) is 0 Å². The van der Waals surface area contributed by atoms with Crippen molar-refractivity contribution in [3.8, 4) is 0 Å². The zero-order chi connectivity index (χ0) is 21.2. The number of aldehydes is 1. The highest BCUT2D eigenvalue weighted by molar-refractivity contribution is 5.83. The van der Waals surface area contributed by atoms with E-state index in [9.17, 15) is 34.5 Å². The fourth-order valence-corrected chi connectivity index (χ4v) is 2.61. The van der Waals surface area contributed by atoms with E-state index in [-0.39, 0.29) is 29.8 Å². The first-order valence-electron chi connectivity index (χ1n) is 8.57. The lowest BCUT2D eigenvalue weighted by molar-refractivity contribution is -0.143. The molecule has 3 N–H and O–H groups in total. The molecule has 7 heteroatoms. The molecule has 2 unspecified atom stereocenters. The molecule has 0 aromatic carbocycles. The van der Waals surface area contributed by atoms with E-state index in [1.807, 2.05) is 0 Å². The van der Waals surface area contributed by atoms with Gasteiger partial charge in [0.15, 0.2) is 0 Å². The van der Waals surface area contributed by atoms with Crippen LogP contribution in [0, 0.1) is 11.8 Å². The summed E-state index contributed by atoms with van der Waals surface area (Å²) in [5, 5.41) is 28.5. The summed E-state index contributed by atoms with van der Waals surface area (Å²) < 4.78 is 0. The molecule has 0 aromatic rings. The van der Waals surface area contributed by atoms with E-state index in [1.165, 1.54) is 39.0 Å². The Labute approximate surface area is 159 Å². The minimum absolute atomic E-state index is 0.0157. The van der Waals surface area contributed by atoms with Crippen LogP contribution in [-0.2, 0) is 19.2 Å². The molecule has 0 aliphatic heterocycles. The summed E-state index contributed by atoms with van der Waals surface area (Å²) in [4.78, 5) is 45.6. The Hall–Kier alpha value is -2.54. The number of aliphatic hydroxyl groups is 1. The van der Waals surface area contributed by atoms with E-state index in [2.05, 4.69) is 6.58 Å².